The highest BCUT2D eigenvalue weighted by molar-refractivity contribution is 6.30. The second-order valence-electron chi connectivity index (χ2n) is 13.5. The van der Waals surface area contributed by atoms with E-state index in [1.54, 1.807) is 0 Å². The fourth-order valence-electron chi connectivity index (χ4n) is 8.93. The number of fused-ring (bicyclic) bond motifs is 9. The van der Waals surface area contributed by atoms with Gasteiger partial charge in [0.2, 0.25) is 0 Å². The Bertz CT molecular complexity index is 2910. The molecule has 0 atom stereocenters. The normalized spacial score (nSPS) is 12.0. The third kappa shape index (κ3) is 3.76. The zero-order valence-corrected chi connectivity index (χ0v) is 27.3. The SMILES string of the molecule is c1ccc(-c2c3c(c(-c4ccccc4)c4ccccc24)-c2ccc(-c4cc5c6ccccc6ccc5c5ccccc45)c4cccc-3c24)cc1. The summed E-state index contributed by atoms with van der Waals surface area (Å²) >= 11 is 0. The first-order valence-electron chi connectivity index (χ1n) is 17.4. The summed E-state index contributed by atoms with van der Waals surface area (Å²) in [6.07, 6.45) is 0. The first kappa shape index (κ1) is 27.5. The second-order valence-corrected chi connectivity index (χ2v) is 13.5. The molecule has 0 saturated carbocycles. The Balaban J connectivity index is 1.29. The van der Waals surface area contributed by atoms with Crippen molar-refractivity contribution in [2.24, 2.45) is 0 Å². The third-order valence-electron chi connectivity index (χ3n) is 11.0. The number of hydrogen-bond donors (Lipinski definition) is 0. The van der Waals surface area contributed by atoms with Crippen molar-refractivity contribution in [3.05, 3.63) is 182 Å². The smallest absolute Gasteiger partial charge is 0.000741 e. The van der Waals surface area contributed by atoms with E-state index in [2.05, 4.69) is 182 Å². The van der Waals surface area contributed by atoms with E-state index in [1.165, 1.54) is 109 Å². The van der Waals surface area contributed by atoms with Crippen LogP contribution in [0.25, 0.3) is 109 Å². The van der Waals surface area contributed by atoms with Gasteiger partial charge in [-0.1, -0.05) is 176 Å². The Labute approximate surface area is 290 Å². The molecular weight excluding hydrogens is 601 g/mol. The van der Waals surface area contributed by atoms with E-state index in [0.717, 1.165) is 0 Å². The van der Waals surface area contributed by atoms with E-state index >= 15 is 0 Å². The van der Waals surface area contributed by atoms with E-state index in [1.807, 2.05) is 0 Å². The van der Waals surface area contributed by atoms with Crippen molar-refractivity contribution >= 4 is 53.9 Å². The molecular formula is C50H30. The Morgan fingerprint density at radius 1 is 0.220 bits per heavy atom. The molecule has 0 bridgehead atoms. The molecule has 0 aliphatic heterocycles. The minimum absolute atomic E-state index is 1.25. The zero-order chi connectivity index (χ0) is 32.8. The van der Waals surface area contributed by atoms with Gasteiger partial charge in [0.1, 0.15) is 0 Å². The van der Waals surface area contributed by atoms with Gasteiger partial charge in [0.15, 0.2) is 0 Å². The third-order valence-corrected chi connectivity index (χ3v) is 11.0. The molecule has 0 fully saturated rings. The van der Waals surface area contributed by atoms with Crippen molar-refractivity contribution in [2.75, 3.05) is 0 Å². The lowest BCUT2D eigenvalue weighted by Gasteiger charge is -2.20. The molecule has 1 aliphatic rings. The molecule has 0 heteroatoms. The summed E-state index contributed by atoms with van der Waals surface area (Å²) in [5, 5.41) is 12.9. The molecule has 0 spiro atoms. The summed E-state index contributed by atoms with van der Waals surface area (Å²) in [5.41, 5.74) is 13.0. The van der Waals surface area contributed by atoms with Crippen molar-refractivity contribution in [1.29, 1.82) is 0 Å². The van der Waals surface area contributed by atoms with Crippen molar-refractivity contribution in [1.82, 2.24) is 0 Å². The van der Waals surface area contributed by atoms with Crippen molar-refractivity contribution < 1.29 is 0 Å². The molecule has 0 heterocycles. The van der Waals surface area contributed by atoms with Crippen LogP contribution < -0.4 is 0 Å². The van der Waals surface area contributed by atoms with Crippen molar-refractivity contribution in [2.45, 2.75) is 0 Å². The summed E-state index contributed by atoms with van der Waals surface area (Å²) in [7, 11) is 0. The van der Waals surface area contributed by atoms with Crippen LogP contribution in [0, 0.1) is 0 Å². The highest BCUT2D eigenvalue weighted by Crippen LogP contribution is 2.58. The molecule has 11 rings (SSSR count). The fraction of sp³-hybridized carbons (Fsp3) is 0. The quantitative estimate of drug-likeness (QED) is 0.170. The lowest BCUT2D eigenvalue weighted by molar-refractivity contribution is 1.62. The molecule has 0 unspecified atom stereocenters. The van der Waals surface area contributed by atoms with Crippen LogP contribution >= 0.6 is 0 Å². The van der Waals surface area contributed by atoms with Gasteiger partial charge in [0, 0.05) is 0 Å². The average Bonchev–Trinajstić information content (AvgIpc) is 3.52. The number of rotatable bonds is 3. The van der Waals surface area contributed by atoms with Crippen LogP contribution in [-0.4, -0.2) is 0 Å². The minimum atomic E-state index is 1.25. The molecule has 0 radical (unpaired) electrons. The minimum Gasteiger partial charge on any atom is -0.0622 e. The molecule has 1 aliphatic carbocycles. The average molecular weight is 631 g/mol. The Kier molecular flexibility index (Phi) is 5.76. The summed E-state index contributed by atoms with van der Waals surface area (Å²) in [6, 6.07) is 67.4. The number of hydrogen-bond acceptors (Lipinski definition) is 0. The lowest BCUT2D eigenvalue weighted by atomic mass is 9.82. The summed E-state index contributed by atoms with van der Waals surface area (Å²) in [5.74, 6) is 0. The first-order chi connectivity index (χ1) is 24.8. The topological polar surface area (TPSA) is 0 Å². The maximum atomic E-state index is 2.45. The Hall–Kier alpha value is -6.50. The van der Waals surface area contributed by atoms with Crippen molar-refractivity contribution in [3.63, 3.8) is 0 Å². The van der Waals surface area contributed by atoms with Crippen LogP contribution in [0.2, 0.25) is 0 Å². The molecule has 50 heavy (non-hydrogen) atoms. The van der Waals surface area contributed by atoms with Gasteiger partial charge in [-0.05, 0) is 116 Å². The van der Waals surface area contributed by atoms with Crippen LogP contribution in [0.3, 0.4) is 0 Å². The summed E-state index contributed by atoms with van der Waals surface area (Å²) in [4.78, 5) is 0. The molecule has 10 aromatic carbocycles. The van der Waals surface area contributed by atoms with Gasteiger partial charge in [-0.3, -0.25) is 0 Å². The van der Waals surface area contributed by atoms with E-state index < -0.39 is 0 Å². The van der Waals surface area contributed by atoms with Gasteiger partial charge in [-0.15, -0.1) is 0 Å². The Morgan fingerprint density at radius 3 is 1.40 bits per heavy atom. The molecule has 230 valence electrons. The predicted octanol–water partition coefficient (Wildman–Crippen LogP) is 14.1. The van der Waals surface area contributed by atoms with Gasteiger partial charge >= 0.3 is 0 Å². The monoisotopic (exact) mass is 630 g/mol. The molecule has 0 aromatic heterocycles. The van der Waals surface area contributed by atoms with Gasteiger partial charge in [-0.25, -0.2) is 0 Å². The molecule has 0 amide bonds. The van der Waals surface area contributed by atoms with Crippen LogP contribution in [0.1, 0.15) is 0 Å². The van der Waals surface area contributed by atoms with E-state index in [9.17, 15) is 0 Å². The van der Waals surface area contributed by atoms with Gasteiger partial charge in [-0.2, -0.15) is 0 Å². The highest BCUT2D eigenvalue weighted by atomic mass is 14.3. The van der Waals surface area contributed by atoms with Gasteiger partial charge in [0.25, 0.3) is 0 Å². The van der Waals surface area contributed by atoms with Crippen LogP contribution in [0.4, 0.5) is 0 Å². The van der Waals surface area contributed by atoms with Crippen LogP contribution in [0.5, 0.6) is 0 Å². The summed E-state index contributed by atoms with van der Waals surface area (Å²) < 4.78 is 0. The molecule has 10 aromatic rings. The summed E-state index contributed by atoms with van der Waals surface area (Å²) in [6.45, 7) is 0. The number of benzene rings is 10. The van der Waals surface area contributed by atoms with E-state index in [-0.39, 0.29) is 0 Å². The van der Waals surface area contributed by atoms with E-state index in [0.29, 0.717) is 0 Å². The highest BCUT2D eigenvalue weighted by Gasteiger charge is 2.31. The molecule has 0 N–H and O–H groups in total. The van der Waals surface area contributed by atoms with Crippen molar-refractivity contribution in [3.8, 4) is 55.6 Å². The second kappa shape index (κ2) is 10.5. The maximum absolute atomic E-state index is 2.45. The zero-order valence-electron chi connectivity index (χ0n) is 27.3. The molecule has 0 saturated heterocycles. The fourth-order valence-corrected chi connectivity index (χ4v) is 8.93. The van der Waals surface area contributed by atoms with Gasteiger partial charge in [0.05, 0.1) is 0 Å². The van der Waals surface area contributed by atoms with E-state index in [4.69, 9.17) is 0 Å². The van der Waals surface area contributed by atoms with Crippen LogP contribution in [0.15, 0.2) is 182 Å². The molecule has 0 nitrogen and oxygen atoms in total. The Morgan fingerprint density at radius 2 is 0.720 bits per heavy atom. The maximum Gasteiger partial charge on any atom is -0.000741 e. The lowest BCUT2D eigenvalue weighted by Crippen LogP contribution is -1.93. The van der Waals surface area contributed by atoms with Gasteiger partial charge < -0.3 is 0 Å². The van der Waals surface area contributed by atoms with Crippen LogP contribution in [-0.2, 0) is 0 Å². The predicted molar refractivity (Wildman–Crippen MR) is 215 cm³/mol. The first-order valence-corrected chi connectivity index (χ1v) is 17.4. The standard InChI is InChI=1S/C50H30/c1-3-15-32(16-4-1)46-40-22-11-12-23-41(40)47(33-17-5-2-6-18-33)50-43-29-28-38(39-24-13-25-42(48(39)43)49(46)50)45-30-44-34-19-8-7-14-31(34)26-27-37(44)35-20-9-10-21-36(35)45/h1-30H. The largest absolute Gasteiger partial charge is 0.0622 e.